The summed E-state index contributed by atoms with van der Waals surface area (Å²) in [5.74, 6) is -0.0955. The number of piperazine rings is 1. The van der Waals surface area contributed by atoms with E-state index in [4.69, 9.17) is 0 Å². The van der Waals surface area contributed by atoms with Crippen molar-refractivity contribution < 1.29 is 9.59 Å². The van der Waals surface area contributed by atoms with E-state index >= 15 is 0 Å². The van der Waals surface area contributed by atoms with Crippen LogP contribution in [0.1, 0.15) is 31.9 Å². The molecule has 0 saturated carbocycles. The van der Waals surface area contributed by atoms with Crippen LogP contribution in [-0.2, 0) is 9.59 Å². The maximum absolute atomic E-state index is 12.5. The molecule has 1 saturated heterocycles. The normalized spacial score (nSPS) is 23.9. The Morgan fingerprint density at radius 3 is 2.57 bits per heavy atom. The van der Waals surface area contributed by atoms with Gasteiger partial charge in [0, 0.05) is 11.8 Å². The van der Waals surface area contributed by atoms with Crippen LogP contribution >= 0.6 is 11.8 Å². The average molecular weight is 306 g/mol. The van der Waals surface area contributed by atoms with E-state index < -0.39 is 12.1 Å². The van der Waals surface area contributed by atoms with E-state index in [1.54, 1.807) is 23.6 Å². The quantitative estimate of drug-likeness (QED) is 0.907. The van der Waals surface area contributed by atoms with Gasteiger partial charge in [-0.3, -0.25) is 9.59 Å². The predicted molar refractivity (Wildman–Crippen MR) is 86.1 cm³/mol. The SMILES string of the molecule is CSC(C)CCN1C(=O)C(C)NC(=O)C1c1ccccc1. The van der Waals surface area contributed by atoms with Gasteiger partial charge in [0.15, 0.2) is 0 Å². The number of carbonyl (C=O) groups is 2. The second-order valence-corrected chi connectivity index (χ2v) is 6.69. The van der Waals surface area contributed by atoms with Gasteiger partial charge in [0.05, 0.1) is 0 Å². The number of hydrogen-bond acceptors (Lipinski definition) is 3. The van der Waals surface area contributed by atoms with E-state index in [-0.39, 0.29) is 11.8 Å². The monoisotopic (exact) mass is 306 g/mol. The number of thioether (sulfide) groups is 1. The third-order valence-corrected chi connectivity index (χ3v) is 4.91. The zero-order valence-corrected chi connectivity index (χ0v) is 13.5. The van der Waals surface area contributed by atoms with E-state index in [0.29, 0.717) is 11.8 Å². The van der Waals surface area contributed by atoms with Gasteiger partial charge in [-0.1, -0.05) is 37.3 Å². The molecule has 1 fully saturated rings. The molecule has 3 unspecified atom stereocenters. The zero-order chi connectivity index (χ0) is 15.4. The van der Waals surface area contributed by atoms with Crippen molar-refractivity contribution in [3.8, 4) is 0 Å². The molecule has 2 rings (SSSR count). The molecule has 0 aliphatic carbocycles. The molecule has 4 nitrogen and oxygen atoms in total. The molecule has 114 valence electrons. The van der Waals surface area contributed by atoms with Crippen LogP contribution in [-0.4, -0.2) is 40.8 Å². The molecule has 5 heteroatoms. The second kappa shape index (κ2) is 6.98. The number of benzene rings is 1. The van der Waals surface area contributed by atoms with Gasteiger partial charge in [-0.25, -0.2) is 0 Å². The summed E-state index contributed by atoms with van der Waals surface area (Å²) in [7, 11) is 0. The van der Waals surface area contributed by atoms with Crippen LogP contribution in [0, 0.1) is 0 Å². The van der Waals surface area contributed by atoms with Crippen molar-refractivity contribution in [2.75, 3.05) is 12.8 Å². The Hall–Kier alpha value is -1.49. The van der Waals surface area contributed by atoms with Crippen LogP contribution in [0.4, 0.5) is 0 Å². The van der Waals surface area contributed by atoms with Crippen molar-refractivity contribution in [2.45, 2.75) is 37.6 Å². The van der Waals surface area contributed by atoms with Crippen LogP contribution in [0.5, 0.6) is 0 Å². The summed E-state index contributed by atoms with van der Waals surface area (Å²) >= 11 is 1.77. The summed E-state index contributed by atoms with van der Waals surface area (Å²) < 4.78 is 0. The molecule has 1 aromatic carbocycles. The fourth-order valence-electron chi connectivity index (χ4n) is 2.52. The Labute approximate surface area is 130 Å². The van der Waals surface area contributed by atoms with Gasteiger partial charge in [-0.05, 0) is 25.2 Å². The Bertz CT molecular complexity index is 506. The van der Waals surface area contributed by atoms with Crippen LogP contribution in [0.25, 0.3) is 0 Å². The number of carbonyl (C=O) groups excluding carboxylic acids is 2. The first-order valence-electron chi connectivity index (χ1n) is 7.23. The lowest BCUT2D eigenvalue weighted by molar-refractivity contribution is -0.149. The Morgan fingerprint density at radius 2 is 1.95 bits per heavy atom. The molecule has 1 N–H and O–H groups in total. The lowest BCUT2D eigenvalue weighted by atomic mass is 9.99. The minimum absolute atomic E-state index is 0.00300. The van der Waals surface area contributed by atoms with Crippen LogP contribution in [0.2, 0.25) is 0 Å². The predicted octanol–water partition coefficient (Wildman–Crippen LogP) is 2.22. The van der Waals surface area contributed by atoms with Gasteiger partial charge in [0.1, 0.15) is 12.1 Å². The number of nitrogens with zero attached hydrogens (tertiary/aromatic N) is 1. The molecule has 0 radical (unpaired) electrons. The first-order valence-corrected chi connectivity index (χ1v) is 8.52. The van der Waals surface area contributed by atoms with Crippen LogP contribution in [0.3, 0.4) is 0 Å². The van der Waals surface area contributed by atoms with Gasteiger partial charge in [0.2, 0.25) is 11.8 Å². The third-order valence-electron chi connectivity index (χ3n) is 3.87. The van der Waals surface area contributed by atoms with Crippen molar-refractivity contribution in [1.82, 2.24) is 10.2 Å². The molecule has 1 heterocycles. The summed E-state index contributed by atoms with van der Waals surface area (Å²) in [5.41, 5.74) is 0.868. The molecule has 2 amide bonds. The molecule has 21 heavy (non-hydrogen) atoms. The van der Waals surface area contributed by atoms with E-state index in [1.165, 1.54) is 0 Å². The van der Waals surface area contributed by atoms with Crippen molar-refractivity contribution in [3.63, 3.8) is 0 Å². The molecule has 0 bridgehead atoms. The van der Waals surface area contributed by atoms with Crippen molar-refractivity contribution in [2.24, 2.45) is 0 Å². The number of amides is 2. The zero-order valence-electron chi connectivity index (χ0n) is 12.7. The number of nitrogens with one attached hydrogen (secondary N) is 1. The van der Waals surface area contributed by atoms with E-state index in [1.807, 2.05) is 30.3 Å². The minimum atomic E-state index is -0.510. The average Bonchev–Trinajstić information content (AvgIpc) is 2.49. The van der Waals surface area contributed by atoms with E-state index in [0.717, 1.165) is 12.0 Å². The summed E-state index contributed by atoms with van der Waals surface area (Å²) in [5, 5.41) is 3.24. The van der Waals surface area contributed by atoms with Gasteiger partial charge >= 0.3 is 0 Å². The Kier molecular flexibility index (Phi) is 5.28. The smallest absolute Gasteiger partial charge is 0.248 e. The minimum Gasteiger partial charge on any atom is -0.342 e. The topological polar surface area (TPSA) is 49.4 Å². The highest BCUT2D eigenvalue weighted by Gasteiger charge is 2.39. The second-order valence-electron chi connectivity index (χ2n) is 5.41. The fraction of sp³-hybridized carbons (Fsp3) is 0.500. The lowest BCUT2D eigenvalue weighted by Gasteiger charge is -2.38. The van der Waals surface area contributed by atoms with E-state index in [2.05, 4.69) is 18.5 Å². The Balaban J connectivity index is 2.24. The molecule has 0 spiro atoms. The summed E-state index contributed by atoms with van der Waals surface area (Å²) in [4.78, 5) is 26.6. The summed E-state index contributed by atoms with van der Waals surface area (Å²) in [6, 6.07) is 8.55. The highest BCUT2D eigenvalue weighted by Crippen LogP contribution is 2.26. The third kappa shape index (κ3) is 3.59. The van der Waals surface area contributed by atoms with Gasteiger partial charge in [0.25, 0.3) is 0 Å². The summed E-state index contributed by atoms with van der Waals surface area (Å²) in [6.45, 7) is 4.49. The maximum atomic E-state index is 12.5. The summed E-state index contributed by atoms with van der Waals surface area (Å²) in [6.07, 6.45) is 2.95. The van der Waals surface area contributed by atoms with Crippen molar-refractivity contribution in [1.29, 1.82) is 0 Å². The molecule has 0 aromatic heterocycles. The molecule has 1 aliphatic heterocycles. The van der Waals surface area contributed by atoms with Gasteiger partial charge in [-0.2, -0.15) is 11.8 Å². The van der Waals surface area contributed by atoms with Gasteiger partial charge in [-0.15, -0.1) is 0 Å². The molecule has 3 atom stereocenters. The van der Waals surface area contributed by atoms with E-state index in [9.17, 15) is 9.59 Å². The number of rotatable bonds is 5. The first-order chi connectivity index (χ1) is 10.0. The molecule has 1 aliphatic rings. The lowest BCUT2D eigenvalue weighted by Crippen LogP contribution is -2.58. The van der Waals surface area contributed by atoms with Crippen LogP contribution < -0.4 is 5.32 Å². The van der Waals surface area contributed by atoms with Crippen molar-refractivity contribution >= 4 is 23.6 Å². The first kappa shape index (κ1) is 15.9. The molecular weight excluding hydrogens is 284 g/mol. The van der Waals surface area contributed by atoms with Crippen molar-refractivity contribution in [3.05, 3.63) is 35.9 Å². The highest BCUT2D eigenvalue weighted by molar-refractivity contribution is 7.99. The standard InChI is InChI=1S/C16H22N2O2S/c1-11(21-3)9-10-18-14(13-7-5-4-6-8-13)15(19)17-12(2)16(18)20/h4-8,11-12,14H,9-10H2,1-3H3,(H,17,19). The maximum Gasteiger partial charge on any atom is 0.248 e. The molecular formula is C16H22N2O2S. The fourth-order valence-corrected chi connectivity index (χ4v) is 2.86. The Morgan fingerprint density at radius 1 is 1.29 bits per heavy atom. The van der Waals surface area contributed by atoms with Gasteiger partial charge < -0.3 is 10.2 Å². The number of hydrogen-bond donors (Lipinski definition) is 1. The molecule has 1 aromatic rings. The highest BCUT2D eigenvalue weighted by atomic mass is 32.2. The van der Waals surface area contributed by atoms with Crippen LogP contribution in [0.15, 0.2) is 30.3 Å². The largest absolute Gasteiger partial charge is 0.342 e.